The van der Waals surface area contributed by atoms with Crippen molar-refractivity contribution < 1.29 is 13.0 Å². The van der Waals surface area contributed by atoms with Gasteiger partial charge in [0.2, 0.25) is 0 Å². The van der Waals surface area contributed by atoms with Crippen molar-refractivity contribution in [3.8, 4) is 0 Å². The van der Waals surface area contributed by atoms with Crippen LogP contribution in [0.5, 0.6) is 0 Å². The summed E-state index contributed by atoms with van der Waals surface area (Å²) in [5.41, 5.74) is 3.69. The molecule has 0 aromatic heterocycles. The molecule has 0 aliphatic rings. The summed E-state index contributed by atoms with van der Waals surface area (Å²) in [4.78, 5) is 0. The molecule has 0 radical (unpaired) electrons. The van der Waals surface area contributed by atoms with Gasteiger partial charge < -0.3 is 13.0 Å². The van der Waals surface area contributed by atoms with Gasteiger partial charge in [-0.1, -0.05) is 76.1 Å². The molecule has 0 heterocycles. The highest BCUT2D eigenvalue weighted by atomic mass is 28.5. The number of hydrogen-bond acceptors (Lipinski definition) is 3. The van der Waals surface area contributed by atoms with E-state index in [1.54, 1.807) is 0 Å². The van der Waals surface area contributed by atoms with Gasteiger partial charge in [0.05, 0.1) is 0 Å². The molecule has 0 fully saturated rings. The van der Waals surface area contributed by atoms with E-state index in [0.29, 0.717) is 6.61 Å². The molecule has 0 saturated heterocycles. The molecule has 0 aromatic carbocycles. The molecule has 0 aliphatic carbocycles. The monoisotopic (exact) mass is 386 g/mol. The van der Waals surface area contributed by atoms with Crippen molar-refractivity contribution in [2.75, 3.05) is 13.2 Å². The summed E-state index contributed by atoms with van der Waals surface area (Å²) in [6.45, 7) is 17.5. The van der Waals surface area contributed by atoms with Gasteiger partial charge in [-0.2, -0.15) is 0 Å². The van der Waals surface area contributed by atoms with E-state index in [4.69, 9.17) is 13.0 Å². The van der Waals surface area contributed by atoms with Crippen molar-refractivity contribution in [3.05, 3.63) is 24.6 Å². The second-order valence-corrected chi connectivity index (χ2v) is 13.3. The van der Waals surface area contributed by atoms with Gasteiger partial charge in [0.1, 0.15) is 0 Å². The van der Waals surface area contributed by atoms with Gasteiger partial charge in [-0.3, -0.25) is 0 Å². The summed E-state index contributed by atoms with van der Waals surface area (Å²) >= 11 is 0. The third kappa shape index (κ3) is 12.7. The van der Waals surface area contributed by atoms with Crippen molar-refractivity contribution in [1.82, 2.24) is 0 Å². The molecule has 0 bridgehead atoms. The molecule has 0 aliphatic heterocycles. The number of unbranched alkanes of at least 4 members (excludes halogenated alkanes) is 9. The van der Waals surface area contributed by atoms with Crippen LogP contribution in [-0.4, -0.2) is 30.3 Å². The van der Waals surface area contributed by atoms with Crippen LogP contribution in [0.25, 0.3) is 0 Å². The predicted octanol–water partition coefficient (Wildman–Crippen LogP) is 6.57. The maximum Gasteiger partial charge on any atom is 0.352 e. The maximum atomic E-state index is 6.25. The minimum atomic E-state index is -2.38. The molecular weight excluding hydrogens is 344 g/mol. The first-order valence-electron chi connectivity index (χ1n) is 10.2. The molecular formula is C20H42O3Si2. The zero-order valence-electron chi connectivity index (χ0n) is 17.3. The number of hydrogen-bond donors (Lipinski definition) is 0. The second-order valence-electron chi connectivity index (χ2n) is 7.01. The Bertz CT molecular complexity index is 352. The summed E-state index contributed by atoms with van der Waals surface area (Å²) in [5, 5.41) is 0. The molecule has 0 spiro atoms. The Morgan fingerprint density at radius 2 is 1.12 bits per heavy atom. The normalized spacial score (nSPS) is 16.2. The lowest BCUT2D eigenvalue weighted by Gasteiger charge is -2.33. The molecule has 148 valence electrons. The average Bonchev–Trinajstić information content (AvgIpc) is 2.60. The van der Waals surface area contributed by atoms with E-state index in [2.05, 4.69) is 20.1 Å². The molecule has 25 heavy (non-hydrogen) atoms. The van der Waals surface area contributed by atoms with Crippen LogP contribution in [0.2, 0.25) is 13.1 Å². The van der Waals surface area contributed by atoms with Crippen LogP contribution in [0.4, 0.5) is 0 Å². The third-order valence-corrected chi connectivity index (χ3v) is 10.8. The van der Waals surface area contributed by atoms with E-state index in [1.807, 2.05) is 31.4 Å². The fraction of sp³-hybridized carbons (Fsp3) is 0.800. The Morgan fingerprint density at radius 3 is 1.56 bits per heavy atom. The molecule has 3 nitrogen and oxygen atoms in total. The Hall–Kier alpha value is -0.206. The van der Waals surface area contributed by atoms with Gasteiger partial charge in [0.15, 0.2) is 0 Å². The Morgan fingerprint density at radius 1 is 0.680 bits per heavy atom. The Labute approximate surface area is 159 Å². The van der Waals surface area contributed by atoms with Gasteiger partial charge in [0.25, 0.3) is 0 Å². The van der Waals surface area contributed by atoms with Crippen molar-refractivity contribution in [1.29, 1.82) is 0 Å². The topological polar surface area (TPSA) is 27.7 Å². The van der Waals surface area contributed by atoms with Crippen LogP contribution in [0.15, 0.2) is 24.6 Å². The fourth-order valence-electron chi connectivity index (χ4n) is 2.81. The highest BCUT2D eigenvalue weighted by molar-refractivity contribution is 6.84. The smallest absolute Gasteiger partial charge is 0.352 e. The summed E-state index contributed by atoms with van der Waals surface area (Å²) < 4.78 is 18.1. The molecule has 0 aromatic rings. The first-order valence-corrected chi connectivity index (χ1v) is 15.0. The molecule has 0 amide bonds. The second kappa shape index (κ2) is 14.9. The fourth-order valence-corrected chi connectivity index (χ4v) is 8.53. The van der Waals surface area contributed by atoms with Gasteiger partial charge in [0, 0.05) is 13.2 Å². The van der Waals surface area contributed by atoms with Gasteiger partial charge in [-0.25, -0.2) is 0 Å². The van der Waals surface area contributed by atoms with Crippen LogP contribution < -0.4 is 0 Å². The zero-order valence-corrected chi connectivity index (χ0v) is 19.3. The van der Waals surface area contributed by atoms with E-state index in [-0.39, 0.29) is 0 Å². The third-order valence-electron chi connectivity index (χ3n) is 4.46. The maximum absolute atomic E-state index is 6.25. The summed E-state index contributed by atoms with van der Waals surface area (Å²) in [6, 6.07) is 0. The van der Waals surface area contributed by atoms with Crippen LogP contribution in [-0.2, 0) is 13.0 Å². The van der Waals surface area contributed by atoms with Crippen molar-refractivity contribution in [3.63, 3.8) is 0 Å². The van der Waals surface area contributed by atoms with Gasteiger partial charge in [-0.15, -0.1) is 13.2 Å². The Kier molecular flexibility index (Phi) is 14.8. The summed E-state index contributed by atoms with van der Waals surface area (Å²) in [7, 11) is -4.73. The van der Waals surface area contributed by atoms with Crippen LogP contribution in [0.1, 0.15) is 78.1 Å². The predicted molar refractivity (Wildman–Crippen MR) is 114 cm³/mol. The van der Waals surface area contributed by atoms with Crippen molar-refractivity contribution in [2.45, 2.75) is 91.1 Å². The van der Waals surface area contributed by atoms with Gasteiger partial charge >= 0.3 is 17.1 Å². The molecule has 0 saturated carbocycles. The Balaban J connectivity index is 3.85. The van der Waals surface area contributed by atoms with E-state index in [1.165, 1.54) is 57.8 Å². The van der Waals surface area contributed by atoms with Crippen LogP contribution >= 0.6 is 0 Å². The average molecular weight is 387 g/mol. The highest BCUT2D eigenvalue weighted by Crippen LogP contribution is 2.19. The number of rotatable bonds is 18. The van der Waals surface area contributed by atoms with E-state index in [9.17, 15) is 0 Å². The summed E-state index contributed by atoms with van der Waals surface area (Å²) in [6.07, 6.45) is 13.3. The lowest BCUT2D eigenvalue weighted by atomic mass is 10.1. The van der Waals surface area contributed by atoms with Crippen molar-refractivity contribution in [2.24, 2.45) is 0 Å². The largest absolute Gasteiger partial charge is 0.409 e. The SMILES string of the molecule is C=C[Si](C)(OCC)O[Si](C)(C=C)OCCCCCCCCCCCC. The van der Waals surface area contributed by atoms with Crippen LogP contribution in [0, 0.1) is 0 Å². The molecule has 2 atom stereocenters. The molecule has 5 heteroatoms. The van der Waals surface area contributed by atoms with E-state index in [0.717, 1.165) is 13.0 Å². The van der Waals surface area contributed by atoms with Gasteiger partial charge in [-0.05, 0) is 26.4 Å². The highest BCUT2D eigenvalue weighted by Gasteiger charge is 2.39. The zero-order chi connectivity index (χ0) is 19.0. The first kappa shape index (κ1) is 24.8. The first-order chi connectivity index (χ1) is 11.9. The molecule has 0 N–H and O–H groups in total. The van der Waals surface area contributed by atoms with E-state index >= 15 is 0 Å². The lowest BCUT2D eigenvalue weighted by molar-refractivity contribution is 0.205. The minimum absolute atomic E-state index is 0.634. The molecule has 2 unspecified atom stereocenters. The minimum Gasteiger partial charge on any atom is -0.409 e. The lowest BCUT2D eigenvalue weighted by Crippen LogP contribution is -2.50. The standard InChI is InChI=1S/C20H42O3Si2/c1-7-11-12-13-14-15-16-17-18-19-20-22-25(6,10-4)23-24(5,9-3)21-8-2/h9-10H,3-4,7-8,11-20H2,1-2,5-6H3. The quantitative estimate of drug-likeness (QED) is 0.197. The van der Waals surface area contributed by atoms with E-state index < -0.39 is 17.1 Å². The van der Waals surface area contributed by atoms with Crippen LogP contribution in [0.3, 0.4) is 0 Å². The molecule has 0 rings (SSSR count). The summed E-state index contributed by atoms with van der Waals surface area (Å²) in [5.74, 6) is 0. The van der Waals surface area contributed by atoms with Crippen molar-refractivity contribution >= 4 is 17.1 Å².